The van der Waals surface area contributed by atoms with Crippen LogP contribution in [0.4, 0.5) is 0 Å². The molecule has 7 heteroatoms. The summed E-state index contributed by atoms with van der Waals surface area (Å²) in [7, 11) is 1.60. The molecule has 0 amide bonds. The van der Waals surface area contributed by atoms with Gasteiger partial charge in [0.2, 0.25) is 0 Å². The molecule has 0 saturated carbocycles. The predicted molar refractivity (Wildman–Crippen MR) is 64.8 cm³/mol. The van der Waals surface area contributed by atoms with E-state index < -0.39 is 0 Å². The fourth-order valence-electron chi connectivity index (χ4n) is 1.23. The highest BCUT2D eigenvalue weighted by Gasteiger charge is 2.10. The molecule has 2 rings (SSSR count). The molecule has 88 valence electrons. The highest BCUT2D eigenvalue weighted by molar-refractivity contribution is 7.99. The number of benzene rings is 1. The molecule has 2 aromatic rings. The van der Waals surface area contributed by atoms with Gasteiger partial charge in [-0.15, -0.1) is 5.10 Å². The van der Waals surface area contributed by atoms with Gasteiger partial charge in [-0.25, -0.2) is 9.89 Å². The monoisotopic (exact) mass is 269 g/mol. The summed E-state index contributed by atoms with van der Waals surface area (Å²) < 4.78 is 1.37. The van der Waals surface area contributed by atoms with Crippen LogP contribution in [-0.4, -0.2) is 21.1 Å². The van der Waals surface area contributed by atoms with Crippen LogP contribution in [-0.2, 0) is 7.05 Å². The Morgan fingerprint density at radius 1 is 1.53 bits per heavy atom. The van der Waals surface area contributed by atoms with Gasteiger partial charge in [0.1, 0.15) is 0 Å². The van der Waals surface area contributed by atoms with Crippen molar-refractivity contribution in [3.8, 4) is 0 Å². The first-order valence-electron chi connectivity index (χ1n) is 4.66. The van der Waals surface area contributed by atoms with E-state index in [4.69, 9.17) is 11.6 Å². The lowest BCUT2D eigenvalue weighted by molar-refractivity contribution is 0.112. The van der Waals surface area contributed by atoms with E-state index in [1.54, 1.807) is 25.2 Å². The third-order valence-electron chi connectivity index (χ3n) is 2.14. The Balaban J connectivity index is 2.39. The maximum atomic E-state index is 11.2. The molecule has 0 fully saturated rings. The normalized spacial score (nSPS) is 10.5. The van der Waals surface area contributed by atoms with Gasteiger partial charge in [0.05, 0.1) is 0 Å². The van der Waals surface area contributed by atoms with Gasteiger partial charge in [-0.3, -0.25) is 9.36 Å². The predicted octanol–water partition coefficient (Wildman–Crippen LogP) is 1.73. The summed E-state index contributed by atoms with van der Waals surface area (Å²) in [6.45, 7) is 0. The Morgan fingerprint density at radius 3 is 2.88 bits per heavy atom. The second-order valence-electron chi connectivity index (χ2n) is 3.27. The molecule has 0 aliphatic heterocycles. The summed E-state index contributed by atoms with van der Waals surface area (Å²) in [5.74, 6) is 0. The number of rotatable bonds is 3. The van der Waals surface area contributed by atoms with E-state index in [2.05, 4.69) is 10.2 Å². The lowest BCUT2D eigenvalue weighted by atomic mass is 10.2. The number of nitrogens with one attached hydrogen (secondary N) is 1. The molecule has 0 radical (unpaired) electrons. The number of carbonyl (C=O) groups is 1. The van der Waals surface area contributed by atoms with Crippen molar-refractivity contribution in [1.82, 2.24) is 14.8 Å². The average Bonchev–Trinajstić information content (AvgIpc) is 2.63. The second kappa shape index (κ2) is 4.77. The van der Waals surface area contributed by atoms with Crippen molar-refractivity contribution in [3.63, 3.8) is 0 Å². The lowest BCUT2D eigenvalue weighted by Crippen LogP contribution is -2.12. The number of H-pyrrole nitrogens is 1. The molecule has 1 aromatic carbocycles. The van der Waals surface area contributed by atoms with E-state index >= 15 is 0 Å². The molecular formula is C10H8ClN3O2S. The smallest absolute Gasteiger partial charge is 0.298 e. The minimum atomic E-state index is -0.297. The number of halogens is 1. The molecule has 0 saturated heterocycles. The third kappa shape index (κ3) is 2.42. The van der Waals surface area contributed by atoms with Crippen LogP contribution in [0.3, 0.4) is 0 Å². The fraction of sp³-hybridized carbons (Fsp3) is 0.100. The van der Waals surface area contributed by atoms with Crippen molar-refractivity contribution in [1.29, 1.82) is 0 Å². The summed E-state index contributed by atoms with van der Waals surface area (Å²) in [6.07, 6.45) is 0.721. The Morgan fingerprint density at radius 2 is 2.29 bits per heavy atom. The highest BCUT2D eigenvalue weighted by atomic mass is 35.5. The van der Waals surface area contributed by atoms with Crippen molar-refractivity contribution in [2.45, 2.75) is 10.1 Å². The molecule has 0 bridgehead atoms. The van der Waals surface area contributed by atoms with Crippen molar-refractivity contribution in [2.75, 3.05) is 0 Å². The number of aldehydes is 1. The molecule has 0 atom stereocenters. The highest BCUT2D eigenvalue weighted by Crippen LogP contribution is 2.29. The number of nitrogens with zero attached hydrogens (tertiary/aromatic N) is 2. The Labute approximate surface area is 106 Å². The fourth-order valence-corrected chi connectivity index (χ4v) is 2.28. The molecule has 1 heterocycles. The molecule has 0 spiro atoms. The lowest BCUT2D eigenvalue weighted by Gasteiger charge is -2.03. The zero-order valence-corrected chi connectivity index (χ0v) is 10.4. The summed E-state index contributed by atoms with van der Waals surface area (Å²) in [5.41, 5.74) is 0.173. The molecule has 17 heavy (non-hydrogen) atoms. The standard InChI is InChI=1S/C10H8ClN3O2S/c1-14-9(16)12-13-10(14)17-8-3-2-7(11)4-6(8)5-15/h2-5H,1H3,(H,12,16). The van der Waals surface area contributed by atoms with Crippen molar-refractivity contribution >= 4 is 29.6 Å². The number of hydrogen-bond acceptors (Lipinski definition) is 4. The summed E-state index contributed by atoms with van der Waals surface area (Å²) in [5, 5.41) is 7.16. The molecule has 0 aliphatic rings. The van der Waals surface area contributed by atoms with E-state index in [-0.39, 0.29) is 5.69 Å². The first-order valence-corrected chi connectivity index (χ1v) is 5.85. The first-order chi connectivity index (χ1) is 8.11. The molecular weight excluding hydrogens is 262 g/mol. The first kappa shape index (κ1) is 11.9. The minimum Gasteiger partial charge on any atom is -0.298 e. The maximum absolute atomic E-state index is 11.2. The second-order valence-corrected chi connectivity index (χ2v) is 4.72. The van der Waals surface area contributed by atoms with E-state index in [0.29, 0.717) is 20.6 Å². The van der Waals surface area contributed by atoms with Gasteiger partial charge in [0, 0.05) is 22.5 Å². The van der Waals surface area contributed by atoms with Crippen LogP contribution >= 0.6 is 23.4 Å². The number of aromatic amines is 1. The van der Waals surface area contributed by atoms with Crippen LogP contribution in [0.2, 0.25) is 5.02 Å². The maximum Gasteiger partial charge on any atom is 0.343 e. The Kier molecular flexibility index (Phi) is 3.35. The quantitative estimate of drug-likeness (QED) is 0.862. The van der Waals surface area contributed by atoms with Gasteiger partial charge in [-0.05, 0) is 30.0 Å². The number of hydrogen-bond donors (Lipinski definition) is 1. The van der Waals surface area contributed by atoms with Crippen LogP contribution in [0.5, 0.6) is 0 Å². The Bertz CT molecular complexity index is 620. The zero-order chi connectivity index (χ0) is 12.4. The zero-order valence-electron chi connectivity index (χ0n) is 8.81. The average molecular weight is 270 g/mol. The molecule has 1 aromatic heterocycles. The summed E-state index contributed by atoms with van der Waals surface area (Å²) in [6, 6.07) is 4.97. The molecule has 1 N–H and O–H groups in total. The third-order valence-corrected chi connectivity index (χ3v) is 3.51. The van der Waals surface area contributed by atoms with Crippen LogP contribution < -0.4 is 5.69 Å². The van der Waals surface area contributed by atoms with E-state index in [1.165, 1.54) is 16.3 Å². The number of carbonyl (C=O) groups excluding carboxylic acids is 1. The summed E-state index contributed by atoms with van der Waals surface area (Å²) >= 11 is 7.01. The van der Waals surface area contributed by atoms with E-state index in [0.717, 1.165) is 6.29 Å². The topological polar surface area (TPSA) is 67.8 Å². The van der Waals surface area contributed by atoms with Crippen LogP contribution in [0, 0.1) is 0 Å². The van der Waals surface area contributed by atoms with Gasteiger partial charge in [0.25, 0.3) is 0 Å². The van der Waals surface area contributed by atoms with Crippen molar-refractivity contribution in [3.05, 3.63) is 39.3 Å². The molecule has 0 unspecified atom stereocenters. The minimum absolute atomic E-state index is 0.297. The van der Waals surface area contributed by atoms with Gasteiger partial charge in [-0.2, -0.15) is 0 Å². The van der Waals surface area contributed by atoms with Gasteiger partial charge < -0.3 is 0 Å². The van der Waals surface area contributed by atoms with Crippen LogP contribution in [0.15, 0.2) is 33.0 Å². The molecule has 0 aliphatic carbocycles. The summed E-state index contributed by atoms with van der Waals surface area (Å²) in [4.78, 5) is 22.8. The SMILES string of the molecule is Cn1c(Sc2ccc(Cl)cc2C=O)n[nH]c1=O. The van der Waals surface area contributed by atoms with E-state index in [1.807, 2.05) is 0 Å². The largest absolute Gasteiger partial charge is 0.343 e. The number of aromatic nitrogens is 3. The van der Waals surface area contributed by atoms with Crippen molar-refractivity contribution < 1.29 is 4.79 Å². The van der Waals surface area contributed by atoms with Crippen molar-refractivity contribution in [2.24, 2.45) is 7.05 Å². The van der Waals surface area contributed by atoms with Gasteiger partial charge in [-0.1, -0.05) is 11.6 Å². The van der Waals surface area contributed by atoms with Gasteiger partial charge >= 0.3 is 5.69 Å². The van der Waals surface area contributed by atoms with Gasteiger partial charge in [0.15, 0.2) is 11.4 Å². The van der Waals surface area contributed by atoms with E-state index in [9.17, 15) is 9.59 Å². The van der Waals surface area contributed by atoms with Crippen LogP contribution in [0.25, 0.3) is 0 Å². The Hall–Kier alpha value is -1.53. The van der Waals surface area contributed by atoms with Crippen LogP contribution in [0.1, 0.15) is 10.4 Å². The molecule has 5 nitrogen and oxygen atoms in total.